The first-order valence-corrected chi connectivity index (χ1v) is 7.48. The number of nitrogens with zero attached hydrogens (tertiary/aromatic N) is 2. The van der Waals surface area contributed by atoms with Gasteiger partial charge < -0.3 is 5.84 Å². The van der Waals surface area contributed by atoms with Crippen molar-refractivity contribution in [1.82, 2.24) is 9.66 Å². The number of aromatic nitrogens is 2. The van der Waals surface area contributed by atoms with E-state index in [0.717, 1.165) is 28.6 Å². The molecule has 22 heavy (non-hydrogen) atoms. The molecule has 3 rings (SSSR count). The molecule has 0 bridgehead atoms. The summed E-state index contributed by atoms with van der Waals surface area (Å²) in [5.41, 5.74) is 3.59. The highest BCUT2D eigenvalue weighted by Crippen LogP contribution is 2.19. The van der Waals surface area contributed by atoms with E-state index in [1.807, 2.05) is 37.3 Å². The fourth-order valence-electron chi connectivity index (χ4n) is 2.63. The molecule has 0 saturated carbocycles. The minimum absolute atomic E-state index is 0.221. The Labute approximate surface area is 129 Å². The first-order valence-electron chi connectivity index (χ1n) is 7.48. The lowest BCUT2D eigenvalue weighted by Crippen LogP contribution is -2.29. The van der Waals surface area contributed by atoms with Crippen LogP contribution < -0.4 is 11.4 Å². The van der Waals surface area contributed by atoms with Crippen LogP contribution in [0.1, 0.15) is 24.5 Å². The minimum Gasteiger partial charge on any atom is -0.334 e. The van der Waals surface area contributed by atoms with Gasteiger partial charge in [-0.2, -0.15) is 0 Å². The van der Waals surface area contributed by atoms with Crippen LogP contribution in [0.2, 0.25) is 0 Å². The third-order valence-corrected chi connectivity index (χ3v) is 3.81. The van der Waals surface area contributed by atoms with Gasteiger partial charge in [-0.25, -0.2) is 9.66 Å². The average molecular weight is 293 g/mol. The molecule has 0 aliphatic heterocycles. The Kier molecular flexibility index (Phi) is 3.67. The summed E-state index contributed by atoms with van der Waals surface area (Å²) in [6, 6.07) is 13.7. The summed E-state index contributed by atoms with van der Waals surface area (Å²) in [6.07, 6.45) is 2.15. The third-order valence-electron chi connectivity index (χ3n) is 3.81. The summed E-state index contributed by atoms with van der Waals surface area (Å²) in [5.74, 6) is 6.46. The number of aryl methyl sites for hydroxylation is 2. The zero-order valence-electron chi connectivity index (χ0n) is 12.8. The summed E-state index contributed by atoms with van der Waals surface area (Å²) in [7, 11) is 0. The maximum absolute atomic E-state index is 12.4. The van der Waals surface area contributed by atoms with Crippen molar-refractivity contribution in [2.24, 2.45) is 0 Å². The molecule has 2 aromatic carbocycles. The number of benzene rings is 2. The topological polar surface area (TPSA) is 60.9 Å². The molecule has 2 N–H and O–H groups in total. The van der Waals surface area contributed by atoms with E-state index in [-0.39, 0.29) is 5.56 Å². The molecule has 0 aliphatic carbocycles. The van der Waals surface area contributed by atoms with E-state index in [1.54, 1.807) is 0 Å². The van der Waals surface area contributed by atoms with Gasteiger partial charge in [-0.05, 0) is 31.0 Å². The van der Waals surface area contributed by atoms with Crippen molar-refractivity contribution in [3.63, 3.8) is 0 Å². The van der Waals surface area contributed by atoms with E-state index in [2.05, 4.69) is 24.0 Å². The number of fused-ring (bicyclic) bond motifs is 1. The Morgan fingerprint density at radius 2 is 1.86 bits per heavy atom. The predicted octanol–water partition coefficient (Wildman–Crippen LogP) is 3.04. The molecule has 0 amide bonds. The van der Waals surface area contributed by atoms with Crippen molar-refractivity contribution in [2.75, 3.05) is 5.84 Å². The molecule has 0 spiro atoms. The highest BCUT2D eigenvalue weighted by atomic mass is 16.1. The van der Waals surface area contributed by atoms with Crippen molar-refractivity contribution in [3.8, 4) is 11.4 Å². The van der Waals surface area contributed by atoms with Crippen molar-refractivity contribution < 1.29 is 0 Å². The van der Waals surface area contributed by atoms with Gasteiger partial charge in [0.25, 0.3) is 5.56 Å². The summed E-state index contributed by atoms with van der Waals surface area (Å²) >= 11 is 0. The highest BCUT2D eigenvalue weighted by Gasteiger charge is 2.11. The van der Waals surface area contributed by atoms with Gasteiger partial charge in [-0.15, -0.1) is 0 Å². The fraction of sp³-hybridized carbons (Fsp3) is 0.222. The third kappa shape index (κ3) is 2.48. The molecule has 1 heterocycles. The number of nitrogen functional groups attached to an aromatic ring is 1. The first kappa shape index (κ1) is 14.3. The Morgan fingerprint density at radius 3 is 2.55 bits per heavy atom. The fourth-order valence-corrected chi connectivity index (χ4v) is 2.63. The summed E-state index contributed by atoms with van der Waals surface area (Å²) in [5, 5.41) is 0.550. The van der Waals surface area contributed by atoms with E-state index in [4.69, 9.17) is 5.84 Å². The zero-order valence-corrected chi connectivity index (χ0v) is 12.8. The second-order valence-corrected chi connectivity index (χ2v) is 5.58. The number of hydrogen-bond donors (Lipinski definition) is 1. The van der Waals surface area contributed by atoms with Crippen molar-refractivity contribution in [2.45, 2.75) is 26.7 Å². The second-order valence-electron chi connectivity index (χ2n) is 5.58. The van der Waals surface area contributed by atoms with Crippen LogP contribution >= 0.6 is 0 Å². The first-order chi connectivity index (χ1) is 10.6. The monoisotopic (exact) mass is 293 g/mol. The standard InChI is InChI=1S/C18H19N3O/c1-3-4-13-6-8-14(9-7-13)17-20-16-10-5-12(2)11-15(16)18(22)21(17)19/h5-11H,3-4,19H2,1-2H3. The van der Waals surface area contributed by atoms with Crippen LogP contribution in [0.15, 0.2) is 47.3 Å². The van der Waals surface area contributed by atoms with E-state index >= 15 is 0 Å². The molecule has 4 nitrogen and oxygen atoms in total. The van der Waals surface area contributed by atoms with Crippen molar-refractivity contribution in [3.05, 3.63) is 63.9 Å². The van der Waals surface area contributed by atoms with Crippen LogP contribution in [0.25, 0.3) is 22.3 Å². The molecule has 0 aliphatic rings. The lowest BCUT2D eigenvalue weighted by atomic mass is 10.1. The zero-order chi connectivity index (χ0) is 15.7. The molecule has 0 unspecified atom stereocenters. The summed E-state index contributed by atoms with van der Waals surface area (Å²) in [6.45, 7) is 4.10. The Morgan fingerprint density at radius 1 is 1.14 bits per heavy atom. The lowest BCUT2D eigenvalue weighted by Gasteiger charge is -2.10. The molecule has 0 atom stereocenters. The van der Waals surface area contributed by atoms with Gasteiger partial charge in [0, 0.05) is 5.56 Å². The van der Waals surface area contributed by atoms with Crippen molar-refractivity contribution in [1.29, 1.82) is 0 Å². The van der Waals surface area contributed by atoms with Crippen LogP contribution in [0.4, 0.5) is 0 Å². The lowest BCUT2D eigenvalue weighted by molar-refractivity contribution is 0.916. The highest BCUT2D eigenvalue weighted by molar-refractivity contribution is 5.80. The predicted molar refractivity (Wildman–Crippen MR) is 90.3 cm³/mol. The van der Waals surface area contributed by atoms with Crippen LogP contribution in [0, 0.1) is 6.92 Å². The Bertz CT molecular complexity index is 879. The van der Waals surface area contributed by atoms with E-state index in [9.17, 15) is 4.79 Å². The van der Waals surface area contributed by atoms with Gasteiger partial charge in [-0.3, -0.25) is 4.79 Å². The summed E-state index contributed by atoms with van der Waals surface area (Å²) < 4.78 is 1.14. The maximum atomic E-state index is 12.4. The number of rotatable bonds is 3. The van der Waals surface area contributed by atoms with Crippen LogP contribution in [-0.2, 0) is 6.42 Å². The average Bonchev–Trinajstić information content (AvgIpc) is 2.53. The van der Waals surface area contributed by atoms with Crippen LogP contribution in [0.5, 0.6) is 0 Å². The van der Waals surface area contributed by atoms with Gasteiger partial charge >= 0.3 is 0 Å². The Balaban J connectivity index is 2.16. The van der Waals surface area contributed by atoms with Gasteiger partial charge in [0.2, 0.25) is 0 Å². The van der Waals surface area contributed by atoms with Gasteiger partial charge in [0.15, 0.2) is 5.82 Å². The van der Waals surface area contributed by atoms with Gasteiger partial charge in [0.05, 0.1) is 10.9 Å². The molecule has 3 aromatic rings. The number of hydrogen-bond acceptors (Lipinski definition) is 3. The Hall–Kier alpha value is -2.62. The SMILES string of the molecule is CCCc1ccc(-c2nc3ccc(C)cc3c(=O)n2N)cc1. The quantitative estimate of drug-likeness (QED) is 0.755. The van der Waals surface area contributed by atoms with E-state index in [0.29, 0.717) is 16.7 Å². The summed E-state index contributed by atoms with van der Waals surface area (Å²) in [4.78, 5) is 17.0. The maximum Gasteiger partial charge on any atom is 0.280 e. The van der Waals surface area contributed by atoms with Gasteiger partial charge in [-0.1, -0.05) is 49.2 Å². The van der Waals surface area contributed by atoms with Crippen LogP contribution in [-0.4, -0.2) is 9.66 Å². The molecule has 4 heteroatoms. The normalized spacial score (nSPS) is 11.0. The molecule has 1 aromatic heterocycles. The molecule has 0 fully saturated rings. The molecule has 0 radical (unpaired) electrons. The van der Waals surface area contributed by atoms with Crippen LogP contribution in [0.3, 0.4) is 0 Å². The van der Waals surface area contributed by atoms with Crippen molar-refractivity contribution >= 4 is 10.9 Å². The molecular weight excluding hydrogens is 274 g/mol. The van der Waals surface area contributed by atoms with E-state index < -0.39 is 0 Å². The molecule has 0 saturated heterocycles. The molecular formula is C18H19N3O. The second kappa shape index (κ2) is 5.64. The molecule has 112 valence electrons. The minimum atomic E-state index is -0.221. The number of nitrogens with two attached hydrogens (primary N) is 1. The smallest absolute Gasteiger partial charge is 0.280 e. The van der Waals surface area contributed by atoms with Gasteiger partial charge in [0.1, 0.15) is 0 Å². The largest absolute Gasteiger partial charge is 0.334 e. The van der Waals surface area contributed by atoms with E-state index in [1.165, 1.54) is 5.56 Å².